The van der Waals surface area contributed by atoms with E-state index in [1.807, 2.05) is 0 Å². The van der Waals surface area contributed by atoms with E-state index in [2.05, 4.69) is 15.5 Å². The van der Waals surface area contributed by atoms with E-state index in [4.69, 9.17) is 0 Å². The number of fused-ring (bicyclic) bond motifs is 2. The van der Waals surface area contributed by atoms with E-state index in [-0.39, 0.29) is 122 Å². The molecule has 14 nitrogen and oxygen atoms in total. The minimum Gasteiger partial charge on any atom is -0.744 e. The molecule has 46 heavy (non-hydrogen) atoms. The molecule has 5 aromatic carbocycles. The SMILES string of the molecule is O=S(=O)([O-])c1cc(O)c2c(N=Nc3c(O)cc(Nc4ccccc4)c4c(S(=O)(=O)[O-])cccc34)cc(S(=O)(=O)[O-])cc2c1.[Na+].[Na+].[Na+]. The Hall–Kier alpha value is -1.65. The number of phenolic OH excluding ortho intramolecular Hbond substituents is 2. The van der Waals surface area contributed by atoms with E-state index in [9.17, 15) is 49.1 Å². The van der Waals surface area contributed by atoms with Gasteiger partial charge in [0, 0.05) is 22.5 Å². The Bertz CT molecular complexity index is 2320. The first-order chi connectivity index (χ1) is 20.0. The molecule has 0 amide bonds. The number of benzene rings is 5. The summed E-state index contributed by atoms with van der Waals surface area (Å²) in [6, 6.07) is 15.8. The van der Waals surface area contributed by atoms with Gasteiger partial charge in [-0.05, 0) is 47.9 Å². The van der Waals surface area contributed by atoms with E-state index in [0.717, 1.165) is 30.3 Å². The Labute approximate surface area is 329 Å². The molecule has 0 aliphatic heterocycles. The predicted octanol–water partition coefficient (Wildman–Crippen LogP) is -4.71. The van der Waals surface area contributed by atoms with Crippen LogP contribution in [0.3, 0.4) is 0 Å². The van der Waals surface area contributed by atoms with Crippen LogP contribution in [0, 0.1) is 0 Å². The average Bonchev–Trinajstić information content (AvgIpc) is 2.91. The van der Waals surface area contributed by atoms with Crippen molar-refractivity contribution in [1.82, 2.24) is 0 Å². The number of hydrogen-bond acceptors (Lipinski definition) is 14. The number of nitrogens with one attached hydrogen (secondary N) is 1. The van der Waals surface area contributed by atoms with Gasteiger partial charge in [0.25, 0.3) is 0 Å². The molecule has 0 aliphatic rings. The zero-order valence-electron chi connectivity index (χ0n) is 24.2. The summed E-state index contributed by atoms with van der Waals surface area (Å²) in [6.07, 6.45) is 0. The molecule has 5 aromatic rings. The zero-order chi connectivity index (χ0) is 31.3. The fourth-order valence-electron chi connectivity index (χ4n) is 4.40. The van der Waals surface area contributed by atoms with Crippen molar-refractivity contribution in [1.29, 1.82) is 0 Å². The molecular formula is C26H16N3Na3O11S3. The van der Waals surface area contributed by atoms with Crippen LogP contribution < -0.4 is 94.0 Å². The van der Waals surface area contributed by atoms with Crippen LogP contribution in [-0.2, 0) is 30.4 Å². The van der Waals surface area contributed by atoms with Crippen molar-refractivity contribution < 1.29 is 138 Å². The van der Waals surface area contributed by atoms with Gasteiger partial charge in [-0.25, -0.2) is 25.3 Å². The first-order valence-corrected chi connectivity index (χ1v) is 16.0. The molecule has 0 aromatic heterocycles. The standard InChI is InChI=1S/C26H19N3O11S3.3Na/c30-21-12-17(42(35,36)37)10-14-9-16(41(32,33)34)11-20(24(14)21)28-29-26-18-7-4-8-23(43(38,39)40)25(18)19(13-22(26)31)27-15-5-2-1-3-6-15;;;/h1-13,27,30-31H,(H,32,33,34)(H,35,36,37)(H,38,39,40);;;/q;3*+1/p-3. The van der Waals surface area contributed by atoms with E-state index in [1.54, 1.807) is 30.3 Å². The van der Waals surface area contributed by atoms with Crippen molar-refractivity contribution in [2.75, 3.05) is 5.32 Å². The molecule has 0 heterocycles. The largest absolute Gasteiger partial charge is 1.00 e. The van der Waals surface area contributed by atoms with Crippen LogP contribution in [0.5, 0.6) is 11.5 Å². The van der Waals surface area contributed by atoms with Crippen LogP contribution in [0.15, 0.2) is 104 Å². The molecule has 0 aliphatic carbocycles. The summed E-state index contributed by atoms with van der Waals surface area (Å²) in [4.78, 5) is -2.49. The number of phenols is 2. The fourth-order valence-corrected chi connectivity index (χ4v) is 6.17. The summed E-state index contributed by atoms with van der Waals surface area (Å²) in [5, 5.41) is 31.2. The van der Waals surface area contributed by atoms with Gasteiger partial charge in [0.15, 0.2) is 0 Å². The number of anilines is 2. The van der Waals surface area contributed by atoms with Crippen LogP contribution in [0.4, 0.5) is 22.7 Å². The third kappa shape index (κ3) is 8.68. The Kier molecular flexibility index (Phi) is 13.5. The van der Waals surface area contributed by atoms with Crippen molar-refractivity contribution in [3.63, 3.8) is 0 Å². The number of nitrogens with zero attached hydrogens (tertiary/aromatic N) is 2. The van der Waals surface area contributed by atoms with Gasteiger partial charge in [-0.3, -0.25) is 0 Å². The van der Waals surface area contributed by atoms with Gasteiger partial charge in [0.2, 0.25) is 0 Å². The monoisotopic (exact) mass is 711 g/mol. The molecule has 5 rings (SSSR count). The molecule has 0 saturated heterocycles. The van der Waals surface area contributed by atoms with Crippen LogP contribution in [-0.4, -0.2) is 49.1 Å². The van der Waals surface area contributed by atoms with Gasteiger partial charge in [0.05, 0.1) is 31.4 Å². The topological polar surface area (TPSA) is 249 Å². The molecule has 222 valence electrons. The van der Waals surface area contributed by atoms with E-state index >= 15 is 0 Å². The first kappa shape index (κ1) is 40.5. The molecule has 0 saturated carbocycles. The normalized spacial score (nSPS) is 11.9. The smallest absolute Gasteiger partial charge is 0.744 e. The summed E-state index contributed by atoms with van der Waals surface area (Å²) in [6.45, 7) is 0. The van der Waals surface area contributed by atoms with Crippen molar-refractivity contribution in [3.05, 3.63) is 78.9 Å². The van der Waals surface area contributed by atoms with Crippen molar-refractivity contribution >= 4 is 74.6 Å². The number of aromatic hydroxyl groups is 2. The molecule has 0 spiro atoms. The summed E-state index contributed by atoms with van der Waals surface area (Å²) in [5.41, 5.74) is -0.388. The zero-order valence-corrected chi connectivity index (χ0v) is 32.6. The molecule has 0 fully saturated rings. The average molecular weight is 712 g/mol. The Morgan fingerprint density at radius 1 is 0.609 bits per heavy atom. The molecule has 0 unspecified atom stereocenters. The molecule has 20 heteroatoms. The van der Waals surface area contributed by atoms with E-state index < -0.39 is 62.2 Å². The number of para-hydroxylation sites is 1. The third-order valence-electron chi connectivity index (χ3n) is 6.19. The maximum absolute atomic E-state index is 12.2. The van der Waals surface area contributed by atoms with Gasteiger partial charge in [-0.15, -0.1) is 10.2 Å². The second-order valence-electron chi connectivity index (χ2n) is 9.01. The second kappa shape index (κ2) is 15.3. The Balaban J connectivity index is 0.00000245. The molecule has 3 N–H and O–H groups in total. The maximum Gasteiger partial charge on any atom is 1.00 e. The summed E-state index contributed by atoms with van der Waals surface area (Å²) in [5.74, 6) is -1.40. The number of rotatable bonds is 7. The van der Waals surface area contributed by atoms with Gasteiger partial charge in [0.1, 0.15) is 47.5 Å². The molecular weight excluding hydrogens is 695 g/mol. The van der Waals surface area contributed by atoms with Crippen molar-refractivity contribution in [2.24, 2.45) is 10.2 Å². The second-order valence-corrected chi connectivity index (χ2v) is 13.1. The molecule has 0 bridgehead atoms. The minimum atomic E-state index is -5.18. The Morgan fingerprint density at radius 2 is 1.20 bits per heavy atom. The van der Waals surface area contributed by atoms with Crippen molar-refractivity contribution in [3.8, 4) is 11.5 Å². The van der Waals surface area contributed by atoms with E-state index in [0.29, 0.717) is 11.8 Å². The van der Waals surface area contributed by atoms with Gasteiger partial charge < -0.3 is 29.2 Å². The summed E-state index contributed by atoms with van der Waals surface area (Å²) in [7, 11) is -15.4. The van der Waals surface area contributed by atoms with Crippen LogP contribution in [0.25, 0.3) is 21.5 Å². The van der Waals surface area contributed by atoms with E-state index in [1.165, 1.54) is 12.1 Å². The minimum absolute atomic E-state index is 0. The summed E-state index contributed by atoms with van der Waals surface area (Å²) >= 11 is 0. The van der Waals surface area contributed by atoms with Gasteiger partial charge in [-0.1, -0.05) is 30.3 Å². The predicted molar refractivity (Wildman–Crippen MR) is 149 cm³/mol. The Morgan fingerprint density at radius 3 is 1.76 bits per heavy atom. The fraction of sp³-hybridized carbons (Fsp3) is 0. The maximum atomic E-state index is 12.2. The first-order valence-electron chi connectivity index (χ1n) is 11.7. The number of hydrogen-bond donors (Lipinski definition) is 3. The molecule has 0 radical (unpaired) electrons. The van der Waals surface area contributed by atoms with Crippen LogP contribution in [0.1, 0.15) is 0 Å². The van der Waals surface area contributed by atoms with Gasteiger partial charge in [-0.2, -0.15) is 0 Å². The van der Waals surface area contributed by atoms with Crippen molar-refractivity contribution in [2.45, 2.75) is 14.7 Å². The quantitative estimate of drug-likeness (QED) is 0.0819. The van der Waals surface area contributed by atoms with Crippen LogP contribution >= 0.6 is 0 Å². The van der Waals surface area contributed by atoms with Gasteiger partial charge >= 0.3 is 88.7 Å². The number of azo groups is 1. The molecule has 0 atom stereocenters. The third-order valence-corrected chi connectivity index (χ3v) is 8.69. The van der Waals surface area contributed by atoms with Crippen LogP contribution in [0.2, 0.25) is 0 Å². The summed E-state index contributed by atoms with van der Waals surface area (Å²) < 4.78 is 106.